The van der Waals surface area contributed by atoms with Crippen molar-refractivity contribution in [3.8, 4) is 0 Å². The third-order valence-electron chi connectivity index (χ3n) is 3.27. The van der Waals surface area contributed by atoms with Gasteiger partial charge in [-0.15, -0.1) is 0 Å². The van der Waals surface area contributed by atoms with Crippen molar-refractivity contribution in [1.29, 1.82) is 0 Å². The summed E-state index contributed by atoms with van der Waals surface area (Å²) in [7, 11) is 3.96. The summed E-state index contributed by atoms with van der Waals surface area (Å²) in [5, 5.41) is 0. The van der Waals surface area contributed by atoms with Crippen LogP contribution in [0, 0.1) is 6.92 Å². The first-order valence-corrected chi connectivity index (χ1v) is 6.63. The molecule has 2 nitrogen and oxygen atoms in total. The minimum Gasteiger partial charge on any atom is -0.378 e. The fourth-order valence-corrected chi connectivity index (χ4v) is 1.96. The molecule has 0 heterocycles. The Morgan fingerprint density at radius 1 is 1.00 bits per heavy atom. The van der Waals surface area contributed by atoms with E-state index in [1.54, 1.807) is 6.08 Å². The van der Waals surface area contributed by atoms with Crippen LogP contribution in [0.1, 0.15) is 21.5 Å². The molecule has 0 saturated carbocycles. The number of allylic oxidation sites excluding steroid dienone is 1. The minimum absolute atomic E-state index is 0.0264. The van der Waals surface area contributed by atoms with E-state index in [0.717, 1.165) is 11.3 Å². The van der Waals surface area contributed by atoms with Crippen LogP contribution >= 0.6 is 0 Å². The van der Waals surface area contributed by atoms with Crippen LogP contribution in [0.25, 0.3) is 6.08 Å². The van der Waals surface area contributed by atoms with E-state index >= 15 is 0 Å². The van der Waals surface area contributed by atoms with Crippen LogP contribution in [0.15, 0.2) is 54.6 Å². The number of carbonyl (C=O) groups excluding carboxylic acids is 1. The van der Waals surface area contributed by atoms with Crippen molar-refractivity contribution >= 4 is 17.5 Å². The summed E-state index contributed by atoms with van der Waals surface area (Å²) in [5.74, 6) is 0.0264. The predicted molar refractivity (Wildman–Crippen MR) is 85.3 cm³/mol. The number of nitrogens with zero attached hydrogens (tertiary/aromatic N) is 1. The lowest BCUT2D eigenvalue weighted by atomic mass is 10.1. The average Bonchev–Trinajstić information content (AvgIpc) is 2.46. The first-order valence-electron chi connectivity index (χ1n) is 6.63. The molecule has 0 atom stereocenters. The zero-order chi connectivity index (χ0) is 14.5. The molecular weight excluding hydrogens is 246 g/mol. The first-order chi connectivity index (χ1) is 9.58. The van der Waals surface area contributed by atoms with E-state index in [1.165, 1.54) is 5.56 Å². The molecule has 2 heteroatoms. The number of aryl methyl sites for hydroxylation is 1. The Balaban J connectivity index is 2.14. The third-order valence-corrected chi connectivity index (χ3v) is 3.27. The maximum Gasteiger partial charge on any atom is 0.185 e. The van der Waals surface area contributed by atoms with Gasteiger partial charge in [-0.3, -0.25) is 4.79 Å². The van der Waals surface area contributed by atoms with Crippen molar-refractivity contribution in [3.63, 3.8) is 0 Å². The van der Waals surface area contributed by atoms with Crippen molar-refractivity contribution in [2.24, 2.45) is 0 Å². The van der Waals surface area contributed by atoms with Gasteiger partial charge in [0, 0.05) is 25.3 Å². The van der Waals surface area contributed by atoms with Crippen LogP contribution in [-0.2, 0) is 0 Å². The van der Waals surface area contributed by atoms with Gasteiger partial charge in [-0.05, 0) is 48.4 Å². The van der Waals surface area contributed by atoms with Gasteiger partial charge in [0.2, 0.25) is 0 Å². The second-order valence-corrected chi connectivity index (χ2v) is 5.00. The Morgan fingerprint density at radius 2 is 1.65 bits per heavy atom. The number of anilines is 1. The van der Waals surface area contributed by atoms with Crippen LogP contribution in [0.3, 0.4) is 0 Å². The number of hydrogen-bond acceptors (Lipinski definition) is 2. The highest BCUT2D eigenvalue weighted by Crippen LogP contribution is 2.14. The molecule has 2 aromatic rings. The van der Waals surface area contributed by atoms with Crippen LogP contribution in [0.2, 0.25) is 0 Å². The summed E-state index contributed by atoms with van der Waals surface area (Å²) in [6.45, 7) is 2.04. The highest BCUT2D eigenvalue weighted by atomic mass is 16.1. The third kappa shape index (κ3) is 3.35. The molecule has 0 spiro atoms. The smallest absolute Gasteiger partial charge is 0.185 e. The number of hydrogen-bond donors (Lipinski definition) is 0. The molecule has 0 radical (unpaired) electrons. The van der Waals surface area contributed by atoms with Crippen molar-refractivity contribution in [2.75, 3.05) is 19.0 Å². The number of rotatable bonds is 4. The van der Waals surface area contributed by atoms with Gasteiger partial charge in [-0.1, -0.05) is 30.3 Å². The molecule has 0 aliphatic heterocycles. The molecule has 0 fully saturated rings. The van der Waals surface area contributed by atoms with Gasteiger partial charge in [0.25, 0.3) is 0 Å². The normalized spacial score (nSPS) is 10.8. The summed E-state index contributed by atoms with van der Waals surface area (Å²) in [6.07, 6.45) is 3.50. The van der Waals surface area contributed by atoms with Gasteiger partial charge < -0.3 is 4.90 Å². The molecule has 0 amide bonds. The van der Waals surface area contributed by atoms with E-state index in [0.29, 0.717) is 5.56 Å². The summed E-state index contributed by atoms with van der Waals surface area (Å²) in [5.41, 5.74) is 4.04. The highest BCUT2D eigenvalue weighted by Gasteiger charge is 2.02. The van der Waals surface area contributed by atoms with E-state index in [1.807, 2.05) is 80.5 Å². The van der Waals surface area contributed by atoms with E-state index in [2.05, 4.69) is 0 Å². The summed E-state index contributed by atoms with van der Waals surface area (Å²) in [6, 6.07) is 15.6. The highest BCUT2D eigenvalue weighted by molar-refractivity contribution is 6.07. The number of ketones is 1. The Morgan fingerprint density at radius 3 is 2.25 bits per heavy atom. The van der Waals surface area contributed by atoms with Crippen molar-refractivity contribution < 1.29 is 4.79 Å². The zero-order valence-corrected chi connectivity index (χ0v) is 12.1. The Kier molecular flexibility index (Phi) is 4.36. The molecule has 0 aliphatic carbocycles. The Labute approximate surface area is 120 Å². The number of benzene rings is 2. The Bertz CT molecular complexity index is 624. The molecule has 0 bridgehead atoms. The molecule has 0 aromatic heterocycles. The molecule has 102 valence electrons. The van der Waals surface area contributed by atoms with E-state index in [4.69, 9.17) is 0 Å². The molecule has 0 saturated heterocycles. The molecule has 20 heavy (non-hydrogen) atoms. The van der Waals surface area contributed by atoms with Gasteiger partial charge in [-0.25, -0.2) is 0 Å². The zero-order valence-electron chi connectivity index (χ0n) is 12.1. The first kappa shape index (κ1) is 14.1. The monoisotopic (exact) mass is 265 g/mol. The largest absolute Gasteiger partial charge is 0.378 e. The fraction of sp³-hybridized carbons (Fsp3) is 0.167. The molecule has 0 unspecified atom stereocenters. The van der Waals surface area contributed by atoms with Crippen LogP contribution in [-0.4, -0.2) is 19.9 Å². The van der Waals surface area contributed by atoms with Crippen LogP contribution in [0.4, 0.5) is 5.69 Å². The molecule has 2 rings (SSSR count). The van der Waals surface area contributed by atoms with Crippen molar-refractivity contribution in [1.82, 2.24) is 0 Å². The SMILES string of the molecule is Cc1ccccc1/C=C/C(=O)c1ccc(N(C)C)cc1. The predicted octanol–water partition coefficient (Wildman–Crippen LogP) is 3.96. The van der Waals surface area contributed by atoms with Gasteiger partial charge in [0.1, 0.15) is 0 Å². The molecule has 0 aliphatic rings. The maximum absolute atomic E-state index is 12.1. The van der Waals surface area contributed by atoms with Gasteiger partial charge in [0.15, 0.2) is 5.78 Å². The minimum atomic E-state index is 0.0264. The molecular formula is C18H19NO. The topological polar surface area (TPSA) is 20.3 Å². The van der Waals surface area contributed by atoms with Crippen molar-refractivity contribution in [3.05, 3.63) is 71.3 Å². The van der Waals surface area contributed by atoms with E-state index in [9.17, 15) is 4.79 Å². The lowest BCUT2D eigenvalue weighted by Crippen LogP contribution is -2.08. The van der Waals surface area contributed by atoms with Crippen LogP contribution in [0.5, 0.6) is 0 Å². The van der Waals surface area contributed by atoms with Gasteiger partial charge in [0.05, 0.1) is 0 Å². The second kappa shape index (κ2) is 6.20. The number of carbonyl (C=O) groups is 1. The average molecular weight is 265 g/mol. The van der Waals surface area contributed by atoms with Crippen LogP contribution < -0.4 is 4.90 Å². The fourth-order valence-electron chi connectivity index (χ4n) is 1.96. The quantitative estimate of drug-likeness (QED) is 0.616. The van der Waals surface area contributed by atoms with E-state index in [-0.39, 0.29) is 5.78 Å². The summed E-state index contributed by atoms with van der Waals surface area (Å²) in [4.78, 5) is 14.1. The standard InChI is InChI=1S/C18H19NO/c1-14-6-4-5-7-15(14)10-13-18(20)16-8-11-17(12-9-16)19(2)3/h4-13H,1-3H3/b13-10+. The van der Waals surface area contributed by atoms with E-state index < -0.39 is 0 Å². The van der Waals surface area contributed by atoms with Gasteiger partial charge >= 0.3 is 0 Å². The summed E-state index contributed by atoms with van der Waals surface area (Å²) < 4.78 is 0. The maximum atomic E-state index is 12.1. The molecule has 2 aromatic carbocycles. The van der Waals surface area contributed by atoms with Gasteiger partial charge in [-0.2, -0.15) is 0 Å². The molecule has 0 N–H and O–H groups in total. The Hall–Kier alpha value is -2.35. The van der Waals surface area contributed by atoms with Crippen molar-refractivity contribution in [2.45, 2.75) is 6.92 Å². The lowest BCUT2D eigenvalue weighted by Gasteiger charge is -2.11. The lowest BCUT2D eigenvalue weighted by molar-refractivity contribution is 0.104. The second-order valence-electron chi connectivity index (χ2n) is 5.00. The summed E-state index contributed by atoms with van der Waals surface area (Å²) >= 11 is 0.